The maximum absolute atomic E-state index is 10.2. The van der Waals surface area contributed by atoms with E-state index in [0.717, 1.165) is 12.3 Å². The standard InChI is InChI=1S/C11H20OTe/c1-10(2)8-4-5-11(10,7-13-3)9(12)6-8/h8-9,12H,4-7H2,1-3H3/t8-,9-,11-/m1/s1. The molecule has 0 aliphatic heterocycles. The second-order valence-electron chi connectivity index (χ2n) is 5.30. The molecule has 1 N–H and O–H groups in total. The van der Waals surface area contributed by atoms with Crippen molar-refractivity contribution in [3.63, 3.8) is 0 Å². The molecule has 76 valence electrons. The predicted octanol–water partition coefficient (Wildman–Crippen LogP) is 2.34. The summed E-state index contributed by atoms with van der Waals surface area (Å²) in [5.41, 5.74) is 0.752. The van der Waals surface area contributed by atoms with Crippen LogP contribution in [0.3, 0.4) is 0 Å². The molecule has 0 aromatic heterocycles. The summed E-state index contributed by atoms with van der Waals surface area (Å²) in [4.78, 5) is 2.37. The molecule has 0 spiro atoms. The van der Waals surface area contributed by atoms with Gasteiger partial charge in [-0.25, -0.2) is 0 Å². The Hall–Kier alpha value is 0.750. The van der Waals surface area contributed by atoms with E-state index >= 15 is 0 Å². The van der Waals surface area contributed by atoms with Gasteiger partial charge in [-0.3, -0.25) is 0 Å². The first-order valence-electron chi connectivity index (χ1n) is 5.21. The predicted molar refractivity (Wildman–Crippen MR) is 56.0 cm³/mol. The summed E-state index contributed by atoms with van der Waals surface area (Å²) in [6, 6.07) is 0. The number of rotatable bonds is 2. The Kier molecular flexibility index (Phi) is 2.47. The summed E-state index contributed by atoms with van der Waals surface area (Å²) in [5.74, 6) is 0.807. The summed E-state index contributed by atoms with van der Waals surface area (Å²) in [5, 5.41) is 10.2. The maximum atomic E-state index is 10.2. The van der Waals surface area contributed by atoms with Crippen LogP contribution in [-0.2, 0) is 0 Å². The number of aliphatic hydroxyl groups excluding tert-OH is 1. The first-order valence-corrected chi connectivity index (χ1v) is 9.19. The van der Waals surface area contributed by atoms with E-state index in [2.05, 4.69) is 18.8 Å². The van der Waals surface area contributed by atoms with E-state index in [0.29, 0.717) is 10.8 Å². The van der Waals surface area contributed by atoms with E-state index in [4.69, 9.17) is 0 Å². The summed E-state index contributed by atoms with van der Waals surface area (Å²) in [7, 11) is 0. The number of hydrogen-bond acceptors (Lipinski definition) is 1. The molecule has 2 aliphatic rings. The fourth-order valence-electron chi connectivity index (χ4n) is 3.64. The zero-order chi connectivity index (χ0) is 9.69. The molecule has 2 rings (SSSR count). The molecule has 0 radical (unpaired) electrons. The van der Waals surface area contributed by atoms with Crippen molar-refractivity contribution in [3.05, 3.63) is 0 Å². The number of aliphatic hydroxyl groups is 1. The van der Waals surface area contributed by atoms with Crippen LogP contribution >= 0.6 is 0 Å². The van der Waals surface area contributed by atoms with Crippen molar-refractivity contribution in [2.75, 3.05) is 0 Å². The molecule has 0 unspecified atom stereocenters. The Labute approximate surface area is 91.4 Å². The summed E-state index contributed by atoms with van der Waals surface area (Å²) < 4.78 is 1.35. The van der Waals surface area contributed by atoms with Crippen molar-refractivity contribution in [2.45, 2.75) is 48.7 Å². The third-order valence-electron chi connectivity index (χ3n) is 4.79. The quantitative estimate of drug-likeness (QED) is 0.776. The third-order valence-corrected chi connectivity index (χ3v) is 7.08. The van der Waals surface area contributed by atoms with Gasteiger partial charge in [0.1, 0.15) is 0 Å². The second-order valence-corrected chi connectivity index (χ2v) is 7.77. The van der Waals surface area contributed by atoms with Gasteiger partial charge in [0.25, 0.3) is 0 Å². The van der Waals surface area contributed by atoms with Crippen molar-refractivity contribution >= 4 is 20.9 Å². The van der Waals surface area contributed by atoms with Crippen molar-refractivity contribution in [1.29, 1.82) is 0 Å². The molecule has 2 heteroatoms. The molecule has 0 aromatic carbocycles. The SMILES string of the molecule is C[Te]C[C@]12CC[C@H](C[C@H]1O)C2(C)C. The second kappa shape index (κ2) is 3.12. The minimum atomic E-state index is 0.0197. The van der Waals surface area contributed by atoms with Gasteiger partial charge in [0.05, 0.1) is 0 Å². The Bertz CT molecular complexity index is 214. The molecule has 0 amide bonds. The van der Waals surface area contributed by atoms with Gasteiger partial charge >= 0.3 is 91.4 Å². The average molecular weight is 296 g/mol. The topological polar surface area (TPSA) is 20.2 Å². The van der Waals surface area contributed by atoms with Crippen LogP contribution in [0, 0.1) is 16.7 Å². The van der Waals surface area contributed by atoms with Crippen molar-refractivity contribution < 1.29 is 5.11 Å². The molecule has 2 fully saturated rings. The van der Waals surface area contributed by atoms with Gasteiger partial charge in [-0.15, -0.1) is 0 Å². The molecular formula is C11H20OTe. The monoisotopic (exact) mass is 298 g/mol. The molecule has 1 nitrogen and oxygen atoms in total. The van der Waals surface area contributed by atoms with Crippen LogP contribution < -0.4 is 0 Å². The zero-order valence-electron chi connectivity index (χ0n) is 8.84. The minimum absolute atomic E-state index is 0.0197. The Morgan fingerprint density at radius 2 is 2.15 bits per heavy atom. The van der Waals surface area contributed by atoms with Gasteiger partial charge in [-0.1, -0.05) is 0 Å². The molecule has 0 aromatic rings. The number of fused-ring (bicyclic) bond motifs is 2. The van der Waals surface area contributed by atoms with Crippen LogP contribution in [-0.4, -0.2) is 32.1 Å². The molecule has 2 aliphatic carbocycles. The van der Waals surface area contributed by atoms with Crippen LogP contribution in [0.5, 0.6) is 0 Å². The Morgan fingerprint density at radius 1 is 1.46 bits per heavy atom. The van der Waals surface area contributed by atoms with E-state index in [1.807, 2.05) is 0 Å². The fraction of sp³-hybridized carbons (Fsp3) is 1.00. The molecule has 0 saturated heterocycles. The molecule has 3 atom stereocenters. The summed E-state index contributed by atoms with van der Waals surface area (Å²) in [6.07, 6.45) is 3.77. The van der Waals surface area contributed by atoms with Gasteiger partial charge in [-0.05, 0) is 0 Å². The normalized spacial score (nSPS) is 47.1. The summed E-state index contributed by atoms with van der Waals surface area (Å²) in [6.45, 7) is 4.78. The Balaban J connectivity index is 2.31. The van der Waals surface area contributed by atoms with Crippen LogP contribution in [0.15, 0.2) is 0 Å². The van der Waals surface area contributed by atoms with Crippen LogP contribution in [0.1, 0.15) is 33.1 Å². The third kappa shape index (κ3) is 1.15. The number of hydrogen-bond donors (Lipinski definition) is 1. The first-order chi connectivity index (χ1) is 6.04. The van der Waals surface area contributed by atoms with Gasteiger partial charge in [0.2, 0.25) is 0 Å². The zero-order valence-corrected chi connectivity index (χ0v) is 11.2. The van der Waals surface area contributed by atoms with E-state index in [9.17, 15) is 5.11 Å². The van der Waals surface area contributed by atoms with Gasteiger partial charge in [0.15, 0.2) is 0 Å². The molecule has 2 saturated carbocycles. The van der Waals surface area contributed by atoms with E-state index in [-0.39, 0.29) is 27.0 Å². The van der Waals surface area contributed by atoms with Crippen molar-refractivity contribution in [2.24, 2.45) is 16.7 Å². The molecule has 0 heterocycles. The van der Waals surface area contributed by atoms with Gasteiger partial charge in [0, 0.05) is 0 Å². The Morgan fingerprint density at radius 3 is 2.54 bits per heavy atom. The molecular weight excluding hydrogens is 276 g/mol. The van der Waals surface area contributed by atoms with E-state index < -0.39 is 0 Å². The van der Waals surface area contributed by atoms with Crippen LogP contribution in [0.25, 0.3) is 0 Å². The van der Waals surface area contributed by atoms with Gasteiger partial charge in [-0.2, -0.15) is 0 Å². The van der Waals surface area contributed by atoms with Crippen LogP contribution in [0.4, 0.5) is 0 Å². The molecule has 2 bridgehead atoms. The van der Waals surface area contributed by atoms with E-state index in [1.165, 1.54) is 17.3 Å². The van der Waals surface area contributed by atoms with Crippen molar-refractivity contribution in [3.8, 4) is 0 Å². The van der Waals surface area contributed by atoms with Crippen LogP contribution in [0.2, 0.25) is 9.44 Å². The summed E-state index contributed by atoms with van der Waals surface area (Å²) >= 11 is 0.155. The fourth-order valence-corrected chi connectivity index (χ4v) is 7.13. The van der Waals surface area contributed by atoms with E-state index in [1.54, 1.807) is 0 Å². The average Bonchev–Trinajstić information content (AvgIpc) is 2.38. The van der Waals surface area contributed by atoms with Gasteiger partial charge < -0.3 is 0 Å². The first kappa shape index (κ1) is 10.3. The molecule has 13 heavy (non-hydrogen) atoms. The van der Waals surface area contributed by atoms with Crippen molar-refractivity contribution in [1.82, 2.24) is 0 Å².